The fraction of sp³-hybridized carbons (Fsp3) is 0.217. The van der Waals surface area contributed by atoms with Gasteiger partial charge in [-0.25, -0.2) is 9.50 Å². The number of thioether (sulfide) groups is 1. The largest absolute Gasteiger partial charge is 0.352 e. The predicted octanol–water partition coefficient (Wildman–Crippen LogP) is 4.66. The standard InChI is InChI=1S/C23H22ClN5OS/c1-15-13-16(2)29-22(26-15)27-23(28-29)31-14-18-5-3-4-6-20(18)21(30)25-12-11-17-7-9-19(24)10-8-17/h3-10,13H,11-12,14H2,1-2H3,(H,25,30). The number of halogens is 1. The van der Waals surface area contributed by atoms with Crippen molar-refractivity contribution in [1.82, 2.24) is 24.9 Å². The van der Waals surface area contributed by atoms with Crippen LogP contribution in [0.25, 0.3) is 5.78 Å². The fourth-order valence-electron chi connectivity index (χ4n) is 3.29. The van der Waals surface area contributed by atoms with Crippen LogP contribution in [0.2, 0.25) is 5.02 Å². The van der Waals surface area contributed by atoms with E-state index in [0.29, 0.717) is 33.8 Å². The van der Waals surface area contributed by atoms with Crippen molar-refractivity contribution in [3.63, 3.8) is 0 Å². The van der Waals surface area contributed by atoms with E-state index in [2.05, 4.69) is 20.4 Å². The number of nitrogens with one attached hydrogen (secondary N) is 1. The molecule has 0 aliphatic rings. The Morgan fingerprint density at radius 1 is 1.10 bits per heavy atom. The maximum Gasteiger partial charge on any atom is 0.253 e. The molecule has 0 aliphatic carbocycles. The van der Waals surface area contributed by atoms with E-state index in [0.717, 1.165) is 28.9 Å². The minimum Gasteiger partial charge on any atom is -0.352 e. The Labute approximate surface area is 190 Å². The summed E-state index contributed by atoms with van der Waals surface area (Å²) in [6.45, 7) is 4.48. The second-order valence-electron chi connectivity index (χ2n) is 7.22. The van der Waals surface area contributed by atoms with Gasteiger partial charge in [0.15, 0.2) is 0 Å². The zero-order valence-corrected chi connectivity index (χ0v) is 18.9. The number of benzene rings is 2. The van der Waals surface area contributed by atoms with E-state index in [-0.39, 0.29) is 5.91 Å². The molecule has 6 nitrogen and oxygen atoms in total. The normalized spacial score (nSPS) is 11.1. The number of amides is 1. The van der Waals surface area contributed by atoms with Gasteiger partial charge < -0.3 is 5.32 Å². The Morgan fingerprint density at radius 2 is 1.87 bits per heavy atom. The van der Waals surface area contributed by atoms with Gasteiger partial charge in [0.2, 0.25) is 5.16 Å². The van der Waals surface area contributed by atoms with Crippen LogP contribution in [0.4, 0.5) is 0 Å². The number of nitrogens with zero attached hydrogens (tertiary/aromatic N) is 4. The molecule has 158 valence electrons. The van der Waals surface area contributed by atoms with E-state index in [1.54, 1.807) is 4.52 Å². The van der Waals surface area contributed by atoms with Crippen molar-refractivity contribution in [2.45, 2.75) is 31.2 Å². The number of fused-ring (bicyclic) bond motifs is 1. The maximum absolute atomic E-state index is 12.8. The average molecular weight is 452 g/mol. The molecule has 0 aliphatic heterocycles. The highest BCUT2D eigenvalue weighted by Gasteiger charge is 2.13. The van der Waals surface area contributed by atoms with Gasteiger partial charge in [-0.1, -0.05) is 53.7 Å². The number of carbonyl (C=O) groups is 1. The molecule has 0 fully saturated rings. The first-order valence-corrected chi connectivity index (χ1v) is 11.3. The third-order valence-electron chi connectivity index (χ3n) is 4.83. The maximum atomic E-state index is 12.8. The van der Waals surface area contributed by atoms with E-state index in [1.807, 2.05) is 68.4 Å². The summed E-state index contributed by atoms with van der Waals surface area (Å²) in [7, 11) is 0. The summed E-state index contributed by atoms with van der Waals surface area (Å²) in [5, 5.41) is 8.88. The summed E-state index contributed by atoms with van der Waals surface area (Å²) in [6, 6.07) is 17.3. The van der Waals surface area contributed by atoms with Crippen LogP contribution in [0.1, 0.15) is 32.9 Å². The third kappa shape index (κ3) is 5.24. The van der Waals surface area contributed by atoms with Crippen molar-refractivity contribution in [2.24, 2.45) is 0 Å². The van der Waals surface area contributed by atoms with Crippen LogP contribution in [0.15, 0.2) is 59.8 Å². The van der Waals surface area contributed by atoms with Crippen LogP contribution >= 0.6 is 23.4 Å². The number of hydrogen-bond acceptors (Lipinski definition) is 5. The minimum atomic E-state index is -0.0822. The monoisotopic (exact) mass is 451 g/mol. The molecular formula is C23H22ClN5OS. The zero-order chi connectivity index (χ0) is 21.8. The van der Waals surface area contributed by atoms with Crippen molar-refractivity contribution in [1.29, 1.82) is 0 Å². The van der Waals surface area contributed by atoms with Gasteiger partial charge in [0.1, 0.15) is 0 Å². The molecule has 1 N–H and O–H groups in total. The molecule has 31 heavy (non-hydrogen) atoms. The van der Waals surface area contributed by atoms with Gasteiger partial charge in [-0.15, -0.1) is 5.10 Å². The van der Waals surface area contributed by atoms with E-state index in [1.165, 1.54) is 11.8 Å². The topological polar surface area (TPSA) is 72.2 Å². The molecule has 0 atom stereocenters. The lowest BCUT2D eigenvalue weighted by Gasteiger charge is -2.09. The molecule has 0 saturated heterocycles. The average Bonchev–Trinajstić information content (AvgIpc) is 3.17. The highest BCUT2D eigenvalue weighted by molar-refractivity contribution is 7.98. The highest BCUT2D eigenvalue weighted by atomic mass is 35.5. The lowest BCUT2D eigenvalue weighted by atomic mass is 10.1. The molecule has 8 heteroatoms. The molecule has 0 bridgehead atoms. The number of rotatable bonds is 7. The Bertz CT molecular complexity index is 1220. The fourth-order valence-corrected chi connectivity index (χ4v) is 4.23. The number of hydrogen-bond donors (Lipinski definition) is 1. The molecule has 4 aromatic rings. The van der Waals surface area contributed by atoms with Crippen LogP contribution in [-0.2, 0) is 12.2 Å². The van der Waals surface area contributed by atoms with Gasteiger partial charge in [-0.2, -0.15) is 4.98 Å². The Morgan fingerprint density at radius 3 is 2.68 bits per heavy atom. The zero-order valence-electron chi connectivity index (χ0n) is 17.3. The van der Waals surface area contributed by atoms with Crippen molar-refractivity contribution in [2.75, 3.05) is 6.54 Å². The lowest BCUT2D eigenvalue weighted by molar-refractivity contribution is 0.0953. The van der Waals surface area contributed by atoms with Crippen LogP contribution in [0, 0.1) is 13.8 Å². The SMILES string of the molecule is Cc1cc(C)n2nc(SCc3ccccc3C(=O)NCCc3ccc(Cl)cc3)nc2n1. The van der Waals surface area contributed by atoms with Gasteiger partial charge in [0, 0.05) is 34.3 Å². The summed E-state index contributed by atoms with van der Waals surface area (Å²) >= 11 is 7.41. The molecule has 0 unspecified atom stereocenters. The first-order chi connectivity index (χ1) is 15.0. The molecular weight excluding hydrogens is 430 g/mol. The van der Waals surface area contributed by atoms with Crippen molar-refractivity contribution < 1.29 is 4.79 Å². The van der Waals surface area contributed by atoms with Crippen LogP contribution < -0.4 is 5.32 Å². The second kappa shape index (κ2) is 9.49. The Hall–Kier alpha value is -2.90. The molecule has 2 heterocycles. The lowest BCUT2D eigenvalue weighted by Crippen LogP contribution is -2.26. The number of aromatic nitrogens is 4. The first kappa shape index (κ1) is 21.3. The van der Waals surface area contributed by atoms with Gasteiger partial charge >= 0.3 is 0 Å². The number of aryl methyl sites for hydroxylation is 2. The van der Waals surface area contributed by atoms with Gasteiger partial charge in [0.05, 0.1) is 0 Å². The predicted molar refractivity (Wildman–Crippen MR) is 124 cm³/mol. The van der Waals surface area contributed by atoms with Crippen LogP contribution in [0.5, 0.6) is 0 Å². The van der Waals surface area contributed by atoms with E-state index in [9.17, 15) is 4.79 Å². The molecule has 4 rings (SSSR count). The molecule has 1 amide bonds. The Balaban J connectivity index is 1.40. The summed E-state index contributed by atoms with van der Waals surface area (Å²) in [6.07, 6.45) is 0.747. The van der Waals surface area contributed by atoms with E-state index < -0.39 is 0 Å². The number of carbonyl (C=O) groups excluding carboxylic acids is 1. The van der Waals surface area contributed by atoms with Crippen molar-refractivity contribution in [3.8, 4) is 0 Å². The van der Waals surface area contributed by atoms with E-state index in [4.69, 9.17) is 11.6 Å². The highest BCUT2D eigenvalue weighted by Crippen LogP contribution is 2.23. The minimum absolute atomic E-state index is 0.0822. The van der Waals surface area contributed by atoms with Crippen molar-refractivity contribution >= 4 is 35.0 Å². The summed E-state index contributed by atoms with van der Waals surface area (Å²) in [5.74, 6) is 1.10. The third-order valence-corrected chi connectivity index (χ3v) is 5.97. The van der Waals surface area contributed by atoms with E-state index >= 15 is 0 Å². The quantitative estimate of drug-likeness (QED) is 0.414. The van der Waals surface area contributed by atoms with Gasteiger partial charge in [-0.3, -0.25) is 4.79 Å². The molecule has 0 saturated carbocycles. The molecule has 2 aromatic carbocycles. The molecule has 0 radical (unpaired) electrons. The molecule has 2 aromatic heterocycles. The van der Waals surface area contributed by atoms with Gasteiger partial charge in [0.25, 0.3) is 11.7 Å². The van der Waals surface area contributed by atoms with Crippen LogP contribution in [0.3, 0.4) is 0 Å². The smallest absolute Gasteiger partial charge is 0.253 e. The first-order valence-electron chi connectivity index (χ1n) is 9.94. The molecule has 0 spiro atoms. The van der Waals surface area contributed by atoms with Gasteiger partial charge in [-0.05, 0) is 55.7 Å². The summed E-state index contributed by atoms with van der Waals surface area (Å²) < 4.78 is 1.74. The summed E-state index contributed by atoms with van der Waals surface area (Å²) in [5.41, 5.74) is 4.64. The Kier molecular flexibility index (Phi) is 6.53. The van der Waals surface area contributed by atoms with Crippen molar-refractivity contribution in [3.05, 3.63) is 87.7 Å². The summed E-state index contributed by atoms with van der Waals surface area (Å²) in [4.78, 5) is 21.7. The van der Waals surface area contributed by atoms with Crippen LogP contribution in [-0.4, -0.2) is 32.0 Å². The second-order valence-corrected chi connectivity index (χ2v) is 8.60.